The lowest BCUT2D eigenvalue weighted by atomic mass is 9.82. The summed E-state index contributed by atoms with van der Waals surface area (Å²) < 4.78 is 5.21. The summed E-state index contributed by atoms with van der Waals surface area (Å²) in [5.41, 5.74) is 1.62. The summed E-state index contributed by atoms with van der Waals surface area (Å²) in [5.74, 6) is -1.47. The number of ether oxygens (including phenoxy) is 1. The molecule has 2 aliphatic rings. The molecule has 0 bridgehead atoms. The van der Waals surface area contributed by atoms with Crippen LogP contribution in [0.4, 0.5) is 4.79 Å². The molecule has 1 aromatic carbocycles. The van der Waals surface area contributed by atoms with Crippen LogP contribution in [0.1, 0.15) is 60.5 Å². The summed E-state index contributed by atoms with van der Waals surface area (Å²) in [4.78, 5) is 50.6. The summed E-state index contributed by atoms with van der Waals surface area (Å²) in [5, 5.41) is 2.75. The first-order valence-corrected chi connectivity index (χ1v) is 9.68. The predicted molar refractivity (Wildman–Crippen MR) is 102 cm³/mol. The maximum Gasteiger partial charge on any atom is 0.326 e. The number of urea groups is 1. The zero-order valence-corrected chi connectivity index (χ0v) is 16.5. The largest absolute Gasteiger partial charge is 0.453 e. The fraction of sp³-hybridized carbons (Fsp3) is 0.524. The smallest absolute Gasteiger partial charge is 0.326 e. The van der Waals surface area contributed by atoms with Crippen molar-refractivity contribution in [3.05, 3.63) is 34.9 Å². The molecule has 150 valence electrons. The van der Waals surface area contributed by atoms with Crippen molar-refractivity contribution in [2.45, 2.75) is 64.5 Å². The van der Waals surface area contributed by atoms with Crippen molar-refractivity contribution in [3.8, 4) is 0 Å². The lowest BCUT2D eigenvalue weighted by Crippen LogP contribution is -2.48. The molecule has 1 N–H and O–H groups in total. The Balaban J connectivity index is 1.61. The summed E-state index contributed by atoms with van der Waals surface area (Å²) in [6.45, 7) is 4.85. The third-order valence-electron chi connectivity index (χ3n) is 5.71. The Bertz CT molecular complexity index is 826. The van der Waals surface area contributed by atoms with E-state index in [1.54, 1.807) is 12.1 Å². The van der Waals surface area contributed by atoms with Crippen molar-refractivity contribution >= 4 is 23.7 Å². The Morgan fingerprint density at radius 3 is 2.46 bits per heavy atom. The van der Waals surface area contributed by atoms with Crippen LogP contribution < -0.4 is 5.32 Å². The van der Waals surface area contributed by atoms with Crippen LogP contribution in [0.3, 0.4) is 0 Å². The second-order valence-corrected chi connectivity index (χ2v) is 7.76. The molecular formula is C21H26N2O5. The Morgan fingerprint density at radius 2 is 1.82 bits per heavy atom. The molecule has 1 spiro atoms. The number of amides is 3. The summed E-state index contributed by atoms with van der Waals surface area (Å²) in [6.07, 6.45) is 2.94. The number of carbonyl (C=O) groups is 4. The van der Waals surface area contributed by atoms with E-state index in [0.717, 1.165) is 35.3 Å². The van der Waals surface area contributed by atoms with Crippen LogP contribution in [0.25, 0.3) is 0 Å². The average molecular weight is 386 g/mol. The van der Waals surface area contributed by atoms with Gasteiger partial charge in [0.2, 0.25) is 5.78 Å². The van der Waals surface area contributed by atoms with E-state index in [9.17, 15) is 19.2 Å². The number of hydrogen-bond donors (Lipinski definition) is 1. The number of hydrogen-bond acceptors (Lipinski definition) is 5. The van der Waals surface area contributed by atoms with E-state index >= 15 is 0 Å². The number of nitrogens with zero attached hydrogens (tertiary/aromatic N) is 1. The summed E-state index contributed by atoms with van der Waals surface area (Å²) in [6, 6.07) is 4.72. The van der Waals surface area contributed by atoms with Gasteiger partial charge in [0, 0.05) is 5.56 Å². The molecule has 28 heavy (non-hydrogen) atoms. The van der Waals surface area contributed by atoms with Gasteiger partial charge in [-0.15, -0.1) is 0 Å². The van der Waals surface area contributed by atoms with Crippen molar-refractivity contribution in [2.75, 3.05) is 6.54 Å². The van der Waals surface area contributed by atoms with Gasteiger partial charge in [0.1, 0.15) is 12.1 Å². The lowest BCUT2D eigenvalue weighted by molar-refractivity contribution is -0.150. The normalized spacial score (nSPS) is 19.5. The fourth-order valence-corrected chi connectivity index (χ4v) is 3.86. The van der Waals surface area contributed by atoms with Crippen LogP contribution in [0.5, 0.6) is 0 Å². The highest BCUT2D eigenvalue weighted by molar-refractivity contribution is 6.09. The van der Waals surface area contributed by atoms with E-state index in [2.05, 4.69) is 5.32 Å². The van der Waals surface area contributed by atoms with Gasteiger partial charge in [-0.2, -0.15) is 0 Å². The average Bonchev–Trinajstić information content (AvgIpc) is 2.88. The number of imide groups is 1. The van der Waals surface area contributed by atoms with E-state index in [1.807, 2.05) is 19.9 Å². The van der Waals surface area contributed by atoms with Crippen molar-refractivity contribution in [3.63, 3.8) is 0 Å². The second kappa shape index (κ2) is 7.73. The van der Waals surface area contributed by atoms with E-state index in [0.29, 0.717) is 18.4 Å². The number of nitrogens with one attached hydrogen (secondary N) is 1. The predicted octanol–water partition coefficient (Wildman–Crippen LogP) is 2.67. The zero-order chi connectivity index (χ0) is 20.5. The van der Waals surface area contributed by atoms with Crippen LogP contribution in [-0.4, -0.2) is 46.8 Å². The lowest BCUT2D eigenvalue weighted by Gasteiger charge is -2.30. The molecule has 3 amide bonds. The number of aryl methyl sites for hydroxylation is 2. The highest BCUT2D eigenvalue weighted by atomic mass is 16.5. The number of ketones is 1. The molecule has 3 rings (SSSR count). The van der Waals surface area contributed by atoms with Gasteiger partial charge in [0.05, 0.1) is 0 Å². The first-order valence-electron chi connectivity index (χ1n) is 9.68. The Kier molecular flexibility index (Phi) is 5.54. The van der Waals surface area contributed by atoms with Crippen LogP contribution in [0.2, 0.25) is 0 Å². The molecule has 1 saturated carbocycles. The van der Waals surface area contributed by atoms with Gasteiger partial charge in [-0.05, 0) is 50.8 Å². The Morgan fingerprint density at radius 1 is 1.14 bits per heavy atom. The minimum Gasteiger partial charge on any atom is -0.453 e. The minimum atomic E-state index is -1.00. The van der Waals surface area contributed by atoms with Crippen LogP contribution in [0, 0.1) is 13.8 Å². The van der Waals surface area contributed by atoms with Gasteiger partial charge in [0.15, 0.2) is 6.10 Å². The van der Waals surface area contributed by atoms with Crippen LogP contribution >= 0.6 is 0 Å². The van der Waals surface area contributed by atoms with Gasteiger partial charge >= 0.3 is 12.0 Å². The number of esters is 1. The Hall–Kier alpha value is -2.70. The van der Waals surface area contributed by atoms with Crippen molar-refractivity contribution in [2.24, 2.45) is 0 Å². The second-order valence-electron chi connectivity index (χ2n) is 7.76. The van der Waals surface area contributed by atoms with Gasteiger partial charge in [0.25, 0.3) is 5.91 Å². The molecule has 1 atom stereocenters. The highest BCUT2D eigenvalue weighted by Crippen LogP contribution is 2.33. The van der Waals surface area contributed by atoms with Crippen molar-refractivity contribution in [1.29, 1.82) is 0 Å². The topological polar surface area (TPSA) is 92.8 Å². The molecule has 2 fully saturated rings. The first kappa shape index (κ1) is 20.0. The molecule has 1 saturated heterocycles. The summed E-state index contributed by atoms with van der Waals surface area (Å²) >= 11 is 0. The zero-order valence-electron chi connectivity index (χ0n) is 16.5. The molecule has 1 heterocycles. The molecule has 1 aromatic rings. The van der Waals surface area contributed by atoms with E-state index in [4.69, 9.17) is 4.74 Å². The van der Waals surface area contributed by atoms with Gasteiger partial charge < -0.3 is 10.1 Å². The first-order chi connectivity index (χ1) is 13.2. The standard InChI is InChI=1S/C21H26N2O5/c1-13-7-8-16(11-14(13)2)18(25)15(3)28-17(24)12-23-19(26)21(22-20(23)27)9-5-4-6-10-21/h7-8,11,15H,4-6,9-10,12H2,1-3H3,(H,22,27). The number of benzene rings is 1. The third kappa shape index (κ3) is 3.79. The number of rotatable bonds is 5. The molecule has 0 radical (unpaired) electrons. The highest BCUT2D eigenvalue weighted by Gasteiger charge is 2.51. The molecule has 0 aromatic heterocycles. The molecular weight excluding hydrogens is 360 g/mol. The van der Waals surface area contributed by atoms with Gasteiger partial charge in [-0.1, -0.05) is 31.4 Å². The Labute approximate surface area is 164 Å². The van der Waals surface area contributed by atoms with Crippen molar-refractivity contribution in [1.82, 2.24) is 10.2 Å². The molecule has 7 nitrogen and oxygen atoms in total. The van der Waals surface area contributed by atoms with E-state index in [-0.39, 0.29) is 11.7 Å². The van der Waals surface area contributed by atoms with Crippen LogP contribution in [-0.2, 0) is 14.3 Å². The van der Waals surface area contributed by atoms with Gasteiger partial charge in [-0.25, -0.2) is 4.79 Å². The molecule has 1 aliphatic carbocycles. The molecule has 7 heteroatoms. The summed E-state index contributed by atoms with van der Waals surface area (Å²) in [7, 11) is 0. The van der Waals surface area contributed by atoms with Gasteiger partial charge in [-0.3, -0.25) is 19.3 Å². The maximum atomic E-state index is 12.7. The van der Waals surface area contributed by atoms with E-state index < -0.39 is 30.2 Å². The number of carbonyl (C=O) groups excluding carboxylic acids is 4. The third-order valence-corrected chi connectivity index (χ3v) is 5.71. The van der Waals surface area contributed by atoms with Crippen LogP contribution in [0.15, 0.2) is 18.2 Å². The van der Waals surface area contributed by atoms with E-state index in [1.165, 1.54) is 6.92 Å². The molecule has 1 aliphatic heterocycles. The molecule has 1 unspecified atom stereocenters. The fourth-order valence-electron chi connectivity index (χ4n) is 3.86. The SMILES string of the molecule is Cc1ccc(C(=O)C(C)OC(=O)CN2C(=O)NC3(CCCCC3)C2=O)cc1C. The monoisotopic (exact) mass is 386 g/mol. The quantitative estimate of drug-likeness (QED) is 0.477. The number of Topliss-reactive ketones (excluding diaryl/α,β-unsaturated/α-hetero) is 1. The maximum absolute atomic E-state index is 12.7. The van der Waals surface area contributed by atoms with Crippen molar-refractivity contribution < 1.29 is 23.9 Å². The minimum absolute atomic E-state index is 0.322.